The lowest BCUT2D eigenvalue weighted by Gasteiger charge is -2.35. The third kappa shape index (κ3) is 5.71. The van der Waals surface area contributed by atoms with E-state index in [9.17, 15) is 4.79 Å². The molecule has 2 aliphatic rings. The Labute approximate surface area is 205 Å². The van der Waals surface area contributed by atoms with E-state index in [1.807, 2.05) is 42.6 Å². The van der Waals surface area contributed by atoms with Crippen LogP contribution in [0.2, 0.25) is 0 Å². The van der Waals surface area contributed by atoms with Gasteiger partial charge in [-0.2, -0.15) is 0 Å². The number of hydrogen-bond acceptors (Lipinski definition) is 5. The number of ether oxygens (including phenoxy) is 2. The number of nitrogens with two attached hydrogens (primary N) is 1. The van der Waals surface area contributed by atoms with Crippen LogP contribution in [0.5, 0.6) is 0 Å². The monoisotopic (exact) mass is 475 g/mol. The number of aryl methyl sites for hydroxylation is 1. The summed E-state index contributed by atoms with van der Waals surface area (Å²) in [7, 11) is 0. The first kappa shape index (κ1) is 23.1. The van der Waals surface area contributed by atoms with E-state index in [4.69, 9.17) is 15.2 Å². The number of piperazine rings is 1. The number of anilines is 1. The van der Waals surface area contributed by atoms with Crippen molar-refractivity contribution in [3.63, 3.8) is 0 Å². The number of primary amides is 1. The zero-order valence-electron chi connectivity index (χ0n) is 19.9. The maximum Gasteiger partial charge on any atom is 0.316 e. The molecule has 3 aromatic rings. The summed E-state index contributed by atoms with van der Waals surface area (Å²) in [5.41, 5.74) is 8.42. The van der Waals surface area contributed by atoms with Gasteiger partial charge in [0.1, 0.15) is 6.26 Å². The van der Waals surface area contributed by atoms with Gasteiger partial charge in [0.05, 0.1) is 11.2 Å². The zero-order valence-corrected chi connectivity index (χ0v) is 19.9. The number of fused-ring (bicyclic) bond motifs is 1. The molecular weight excluding hydrogens is 442 g/mol. The van der Waals surface area contributed by atoms with E-state index in [1.165, 1.54) is 5.56 Å². The fourth-order valence-electron chi connectivity index (χ4n) is 4.84. The summed E-state index contributed by atoms with van der Waals surface area (Å²) in [6, 6.07) is 17.8. The van der Waals surface area contributed by atoms with E-state index in [2.05, 4.69) is 37.9 Å². The molecule has 1 saturated heterocycles. The highest BCUT2D eigenvalue weighted by molar-refractivity contribution is 6.00. The van der Waals surface area contributed by atoms with Gasteiger partial charge in [0.2, 0.25) is 12.2 Å². The Morgan fingerprint density at radius 1 is 0.971 bits per heavy atom. The molecule has 0 spiro atoms. The highest BCUT2D eigenvalue weighted by Crippen LogP contribution is 2.26. The van der Waals surface area contributed by atoms with Crippen molar-refractivity contribution in [2.75, 3.05) is 38.0 Å². The van der Waals surface area contributed by atoms with Gasteiger partial charge in [-0.25, -0.2) is 4.79 Å². The van der Waals surface area contributed by atoms with Gasteiger partial charge in [-0.05, 0) is 31.0 Å². The Morgan fingerprint density at radius 3 is 2.51 bits per heavy atom. The average molecular weight is 476 g/mol. The third-order valence-electron chi connectivity index (χ3n) is 6.67. The van der Waals surface area contributed by atoms with Crippen LogP contribution in [0.15, 0.2) is 72.9 Å². The quantitative estimate of drug-likeness (QED) is 0.458. The van der Waals surface area contributed by atoms with E-state index >= 15 is 0 Å². The Bertz CT molecular complexity index is 1170. The fraction of sp³-hybridized carbons (Fsp3) is 0.370. The number of benzene rings is 2. The largest absolute Gasteiger partial charge is 0.457 e. The molecule has 2 amide bonds. The average Bonchev–Trinajstić information content (AvgIpc) is 3.48. The molecule has 8 nitrogen and oxygen atoms in total. The number of hydrogen-bond donors (Lipinski definition) is 2. The molecule has 0 aliphatic carbocycles. The molecule has 1 unspecified atom stereocenters. The Hall–Kier alpha value is -3.65. The van der Waals surface area contributed by atoms with Crippen LogP contribution in [0.25, 0.3) is 10.9 Å². The third-order valence-corrected chi connectivity index (χ3v) is 6.67. The van der Waals surface area contributed by atoms with Crippen molar-refractivity contribution in [1.29, 1.82) is 0 Å². The van der Waals surface area contributed by atoms with Gasteiger partial charge in [-0.3, -0.25) is 4.90 Å². The number of carbonyl (C=O) groups is 1. The molecule has 0 bridgehead atoms. The Kier molecular flexibility index (Phi) is 7.09. The molecule has 2 aliphatic heterocycles. The molecule has 1 atom stereocenters. The van der Waals surface area contributed by atoms with Crippen LogP contribution in [0.3, 0.4) is 0 Å². The number of urea groups is 1. The first-order valence-electron chi connectivity index (χ1n) is 12.3. The number of rotatable bonds is 9. The lowest BCUT2D eigenvalue weighted by Crippen LogP contribution is -2.46. The second-order valence-corrected chi connectivity index (χ2v) is 9.11. The first-order chi connectivity index (χ1) is 17.2. The molecule has 2 aromatic carbocycles. The molecule has 3 heterocycles. The second kappa shape index (κ2) is 10.7. The topological polar surface area (TPSA) is 85.0 Å². The summed E-state index contributed by atoms with van der Waals surface area (Å²) >= 11 is 0. The normalized spacial score (nSPS) is 18.2. The zero-order chi connectivity index (χ0) is 24.0. The van der Waals surface area contributed by atoms with E-state index in [0.29, 0.717) is 0 Å². The van der Waals surface area contributed by atoms with Crippen molar-refractivity contribution < 1.29 is 14.3 Å². The highest BCUT2D eigenvalue weighted by atomic mass is 16.7. The SMILES string of the molecule is NC(=O)Nc1cn(CCCCN2CCN(C3=COC(Cc4ccccc4)O3)CC2)c2ccccc12. The van der Waals surface area contributed by atoms with Crippen LogP contribution < -0.4 is 11.1 Å². The van der Waals surface area contributed by atoms with Gasteiger partial charge in [0.15, 0.2) is 0 Å². The summed E-state index contributed by atoms with van der Waals surface area (Å²) in [6.45, 7) is 5.90. The van der Waals surface area contributed by atoms with Gasteiger partial charge < -0.3 is 30.0 Å². The molecule has 3 N–H and O–H groups in total. The minimum atomic E-state index is -0.538. The van der Waals surface area contributed by atoms with Crippen LogP contribution >= 0.6 is 0 Å². The maximum absolute atomic E-state index is 11.3. The van der Waals surface area contributed by atoms with Crippen molar-refractivity contribution in [3.05, 3.63) is 78.5 Å². The summed E-state index contributed by atoms with van der Waals surface area (Å²) in [5.74, 6) is 0.852. The van der Waals surface area contributed by atoms with Crippen LogP contribution in [0.4, 0.5) is 10.5 Å². The summed E-state index contributed by atoms with van der Waals surface area (Å²) in [6.07, 6.45) is 6.44. The van der Waals surface area contributed by atoms with Crippen LogP contribution in [-0.4, -0.2) is 59.4 Å². The van der Waals surface area contributed by atoms with Crippen molar-refractivity contribution in [3.8, 4) is 0 Å². The van der Waals surface area contributed by atoms with Crippen LogP contribution in [0.1, 0.15) is 18.4 Å². The number of unbranched alkanes of at least 4 members (excludes halogenated alkanes) is 1. The Balaban J connectivity index is 1.04. The van der Waals surface area contributed by atoms with Crippen molar-refractivity contribution in [1.82, 2.24) is 14.4 Å². The molecular formula is C27H33N5O3. The minimum Gasteiger partial charge on any atom is -0.457 e. The molecule has 5 rings (SSSR count). The lowest BCUT2D eigenvalue weighted by atomic mass is 10.1. The van der Waals surface area contributed by atoms with Gasteiger partial charge in [-0.15, -0.1) is 0 Å². The standard InChI is InChI=1S/C27H33N5O3/c28-27(33)29-23-19-32(24-11-5-4-10-22(23)24)13-7-6-12-30-14-16-31(17-15-30)25-20-34-26(35-25)18-21-8-2-1-3-9-21/h1-5,8-11,19-20,26H,6-7,12-18H2,(H3,28,29,33). The summed E-state index contributed by atoms with van der Waals surface area (Å²) < 4.78 is 14.0. The molecule has 8 heteroatoms. The number of nitrogens with one attached hydrogen (secondary N) is 1. The number of para-hydroxylation sites is 1. The fourth-order valence-corrected chi connectivity index (χ4v) is 4.84. The summed E-state index contributed by atoms with van der Waals surface area (Å²) in [4.78, 5) is 16.1. The second-order valence-electron chi connectivity index (χ2n) is 9.11. The van der Waals surface area contributed by atoms with Gasteiger partial charge >= 0.3 is 6.03 Å². The Morgan fingerprint density at radius 2 is 1.71 bits per heavy atom. The molecule has 0 saturated carbocycles. The molecule has 0 radical (unpaired) electrons. The lowest BCUT2D eigenvalue weighted by molar-refractivity contribution is -0.0522. The van der Waals surface area contributed by atoms with Crippen LogP contribution in [-0.2, 0) is 22.4 Å². The van der Waals surface area contributed by atoms with Crippen molar-refractivity contribution in [2.24, 2.45) is 5.73 Å². The van der Waals surface area contributed by atoms with Crippen molar-refractivity contribution >= 4 is 22.6 Å². The predicted octanol–water partition coefficient (Wildman–Crippen LogP) is 3.94. The van der Waals surface area contributed by atoms with Crippen LogP contribution in [0, 0.1) is 0 Å². The molecule has 184 valence electrons. The minimum absolute atomic E-state index is 0.242. The maximum atomic E-state index is 11.3. The number of carbonyl (C=O) groups excluding carboxylic acids is 1. The van der Waals surface area contributed by atoms with E-state index in [-0.39, 0.29) is 6.29 Å². The number of nitrogens with zero attached hydrogens (tertiary/aromatic N) is 3. The molecule has 1 fully saturated rings. The number of amides is 2. The smallest absolute Gasteiger partial charge is 0.316 e. The van der Waals surface area contributed by atoms with Gasteiger partial charge in [0.25, 0.3) is 0 Å². The summed E-state index contributed by atoms with van der Waals surface area (Å²) in [5, 5.41) is 3.75. The van der Waals surface area contributed by atoms with E-state index < -0.39 is 6.03 Å². The molecule has 35 heavy (non-hydrogen) atoms. The van der Waals surface area contributed by atoms with Gasteiger partial charge in [0, 0.05) is 50.7 Å². The first-order valence-corrected chi connectivity index (χ1v) is 12.3. The van der Waals surface area contributed by atoms with Crippen molar-refractivity contribution in [2.45, 2.75) is 32.1 Å². The number of aromatic nitrogens is 1. The highest BCUT2D eigenvalue weighted by Gasteiger charge is 2.27. The van der Waals surface area contributed by atoms with E-state index in [0.717, 1.165) is 81.0 Å². The molecule has 1 aromatic heterocycles. The van der Waals surface area contributed by atoms with E-state index in [1.54, 1.807) is 6.26 Å². The van der Waals surface area contributed by atoms with Gasteiger partial charge in [-0.1, -0.05) is 48.5 Å². The predicted molar refractivity (Wildman–Crippen MR) is 137 cm³/mol.